The summed E-state index contributed by atoms with van der Waals surface area (Å²) in [5.41, 5.74) is 1.33. The van der Waals surface area contributed by atoms with Crippen molar-refractivity contribution in [3.8, 4) is 5.75 Å². The normalized spacial score (nSPS) is 13.1. The van der Waals surface area contributed by atoms with Gasteiger partial charge in [0.25, 0.3) is 0 Å². The predicted molar refractivity (Wildman–Crippen MR) is 78.2 cm³/mol. The third-order valence-electron chi connectivity index (χ3n) is 3.17. The van der Waals surface area contributed by atoms with Gasteiger partial charge in [0.15, 0.2) is 0 Å². The lowest BCUT2D eigenvalue weighted by Gasteiger charge is -2.19. The van der Waals surface area contributed by atoms with E-state index < -0.39 is 0 Å². The first-order valence-electron chi connectivity index (χ1n) is 6.38. The van der Waals surface area contributed by atoms with Crippen LogP contribution >= 0.6 is 12.6 Å². The topological polar surface area (TPSA) is 9.23 Å². The molecule has 0 N–H and O–H groups in total. The number of thiol groups is 1. The molecule has 0 aromatic heterocycles. The van der Waals surface area contributed by atoms with Crippen molar-refractivity contribution in [2.45, 2.75) is 33.6 Å². The highest BCUT2D eigenvalue weighted by atomic mass is 32.1. The molecule has 0 saturated carbocycles. The zero-order valence-electron chi connectivity index (χ0n) is 11.3. The standard InChI is InChI=1S/C15H24OS/c1-11(2)13-6-5-7-15(8-13)16-9-14(10-17)12(3)4/h5-8,11-12,14,17H,9-10H2,1-4H3. The van der Waals surface area contributed by atoms with E-state index in [1.54, 1.807) is 0 Å². The van der Waals surface area contributed by atoms with Crippen LogP contribution in [0, 0.1) is 11.8 Å². The first-order chi connectivity index (χ1) is 8.04. The van der Waals surface area contributed by atoms with Crippen molar-refractivity contribution in [1.29, 1.82) is 0 Å². The monoisotopic (exact) mass is 252 g/mol. The van der Waals surface area contributed by atoms with Gasteiger partial charge >= 0.3 is 0 Å². The second kappa shape index (κ2) is 6.95. The highest BCUT2D eigenvalue weighted by Gasteiger charge is 2.12. The Hall–Kier alpha value is -0.630. The van der Waals surface area contributed by atoms with Gasteiger partial charge in [-0.3, -0.25) is 0 Å². The van der Waals surface area contributed by atoms with Crippen LogP contribution in [0.2, 0.25) is 0 Å². The Balaban J connectivity index is 2.59. The lowest BCUT2D eigenvalue weighted by molar-refractivity contribution is 0.227. The number of benzene rings is 1. The summed E-state index contributed by atoms with van der Waals surface area (Å²) in [6, 6.07) is 8.38. The first-order valence-corrected chi connectivity index (χ1v) is 7.01. The van der Waals surface area contributed by atoms with Crippen molar-refractivity contribution in [2.24, 2.45) is 11.8 Å². The van der Waals surface area contributed by atoms with Gasteiger partial charge in [-0.15, -0.1) is 0 Å². The van der Waals surface area contributed by atoms with Crippen molar-refractivity contribution in [3.05, 3.63) is 29.8 Å². The molecule has 0 heterocycles. The Kier molecular flexibility index (Phi) is 5.90. The lowest BCUT2D eigenvalue weighted by Crippen LogP contribution is -2.19. The molecule has 1 unspecified atom stereocenters. The van der Waals surface area contributed by atoms with Crippen LogP contribution in [-0.4, -0.2) is 12.4 Å². The van der Waals surface area contributed by atoms with Gasteiger partial charge in [-0.05, 0) is 35.3 Å². The highest BCUT2D eigenvalue weighted by molar-refractivity contribution is 7.80. The summed E-state index contributed by atoms with van der Waals surface area (Å²) in [6.45, 7) is 9.58. The molecule has 96 valence electrons. The Labute approximate surface area is 111 Å². The summed E-state index contributed by atoms with van der Waals surface area (Å²) in [5, 5.41) is 0. The van der Waals surface area contributed by atoms with E-state index in [0.29, 0.717) is 17.8 Å². The van der Waals surface area contributed by atoms with Crippen LogP contribution in [0.1, 0.15) is 39.2 Å². The fourth-order valence-electron chi connectivity index (χ4n) is 1.62. The van der Waals surface area contributed by atoms with Crippen LogP contribution in [0.4, 0.5) is 0 Å². The van der Waals surface area contributed by atoms with E-state index in [9.17, 15) is 0 Å². The SMILES string of the molecule is CC(C)c1cccc(OCC(CS)C(C)C)c1. The Morgan fingerprint density at radius 1 is 1.18 bits per heavy atom. The minimum atomic E-state index is 0.515. The van der Waals surface area contributed by atoms with Gasteiger partial charge in [0.1, 0.15) is 5.75 Å². The van der Waals surface area contributed by atoms with Crippen LogP contribution in [0.25, 0.3) is 0 Å². The molecule has 2 heteroatoms. The van der Waals surface area contributed by atoms with Gasteiger partial charge in [-0.1, -0.05) is 39.8 Å². The maximum absolute atomic E-state index is 5.86. The molecule has 1 aromatic carbocycles. The molecule has 0 spiro atoms. The molecule has 0 fully saturated rings. The van der Waals surface area contributed by atoms with Gasteiger partial charge in [0.05, 0.1) is 6.61 Å². The first kappa shape index (κ1) is 14.4. The largest absolute Gasteiger partial charge is 0.493 e. The van der Waals surface area contributed by atoms with E-state index in [2.05, 4.69) is 58.5 Å². The third kappa shape index (κ3) is 4.63. The van der Waals surface area contributed by atoms with Crippen LogP contribution < -0.4 is 4.74 Å². The van der Waals surface area contributed by atoms with E-state index in [1.807, 2.05) is 6.07 Å². The average molecular weight is 252 g/mol. The van der Waals surface area contributed by atoms with Gasteiger partial charge in [-0.25, -0.2) is 0 Å². The summed E-state index contributed by atoms with van der Waals surface area (Å²) in [5.74, 6) is 3.52. The summed E-state index contributed by atoms with van der Waals surface area (Å²) in [4.78, 5) is 0. The molecule has 0 aliphatic heterocycles. The third-order valence-corrected chi connectivity index (χ3v) is 3.64. The zero-order chi connectivity index (χ0) is 12.8. The molecule has 0 radical (unpaired) electrons. The minimum absolute atomic E-state index is 0.515. The summed E-state index contributed by atoms with van der Waals surface area (Å²) in [7, 11) is 0. The molecule has 0 saturated heterocycles. The molecular weight excluding hydrogens is 228 g/mol. The van der Waals surface area contributed by atoms with Gasteiger partial charge in [0.2, 0.25) is 0 Å². The zero-order valence-corrected chi connectivity index (χ0v) is 12.2. The van der Waals surface area contributed by atoms with Crippen molar-refractivity contribution < 1.29 is 4.74 Å². The maximum atomic E-state index is 5.86. The van der Waals surface area contributed by atoms with E-state index in [0.717, 1.165) is 18.1 Å². The quantitative estimate of drug-likeness (QED) is 0.739. The van der Waals surface area contributed by atoms with Gasteiger partial charge < -0.3 is 4.74 Å². The summed E-state index contributed by atoms with van der Waals surface area (Å²) < 4.78 is 5.86. The van der Waals surface area contributed by atoms with Gasteiger partial charge in [-0.2, -0.15) is 12.6 Å². The molecule has 0 amide bonds. The van der Waals surface area contributed by atoms with Crippen molar-refractivity contribution in [1.82, 2.24) is 0 Å². The van der Waals surface area contributed by atoms with Crippen molar-refractivity contribution >= 4 is 12.6 Å². The van der Waals surface area contributed by atoms with Crippen molar-refractivity contribution in [3.63, 3.8) is 0 Å². The van der Waals surface area contributed by atoms with Crippen molar-refractivity contribution in [2.75, 3.05) is 12.4 Å². The van der Waals surface area contributed by atoms with E-state index >= 15 is 0 Å². The average Bonchev–Trinajstić information content (AvgIpc) is 2.29. The second-order valence-electron chi connectivity index (χ2n) is 5.22. The van der Waals surface area contributed by atoms with Crippen LogP contribution in [0.5, 0.6) is 5.75 Å². The van der Waals surface area contributed by atoms with Crippen LogP contribution in [0.3, 0.4) is 0 Å². The lowest BCUT2D eigenvalue weighted by atomic mass is 9.99. The number of hydrogen-bond acceptors (Lipinski definition) is 2. The molecular formula is C15H24OS. The molecule has 1 atom stereocenters. The molecule has 1 aromatic rings. The maximum Gasteiger partial charge on any atom is 0.119 e. The van der Waals surface area contributed by atoms with Crippen LogP contribution in [0.15, 0.2) is 24.3 Å². The Morgan fingerprint density at radius 2 is 1.88 bits per heavy atom. The molecule has 1 nitrogen and oxygen atoms in total. The Morgan fingerprint density at radius 3 is 2.41 bits per heavy atom. The van der Waals surface area contributed by atoms with E-state index in [-0.39, 0.29) is 0 Å². The summed E-state index contributed by atoms with van der Waals surface area (Å²) >= 11 is 4.37. The Bertz CT molecular complexity index is 333. The van der Waals surface area contributed by atoms with E-state index in [4.69, 9.17) is 4.74 Å². The fraction of sp³-hybridized carbons (Fsp3) is 0.600. The smallest absolute Gasteiger partial charge is 0.119 e. The minimum Gasteiger partial charge on any atom is -0.493 e. The number of hydrogen-bond donors (Lipinski definition) is 1. The summed E-state index contributed by atoms with van der Waals surface area (Å²) in [6.07, 6.45) is 0. The fourth-order valence-corrected chi connectivity index (χ4v) is 2.15. The molecule has 0 aliphatic rings. The number of ether oxygens (including phenoxy) is 1. The molecule has 17 heavy (non-hydrogen) atoms. The second-order valence-corrected chi connectivity index (χ2v) is 5.59. The number of rotatable bonds is 6. The van der Waals surface area contributed by atoms with Gasteiger partial charge in [0, 0.05) is 5.92 Å². The predicted octanol–water partition coefficient (Wildman–Crippen LogP) is 4.39. The van der Waals surface area contributed by atoms with Crippen LogP contribution in [-0.2, 0) is 0 Å². The highest BCUT2D eigenvalue weighted by Crippen LogP contribution is 2.21. The molecule has 0 aliphatic carbocycles. The molecule has 1 rings (SSSR count). The van der Waals surface area contributed by atoms with E-state index in [1.165, 1.54) is 5.56 Å². The molecule has 0 bridgehead atoms.